The number of urea groups is 1. The van der Waals surface area contributed by atoms with Gasteiger partial charge in [0.2, 0.25) is 5.91 Å². The fourth-order valence-corrected chi connectivity index (χ4v) is 4.40. The summed E-state index contributed by atoms with van der Waals surface area (Å²) in [5, 5.41) is 2.85. The molecule has 3 aliphatic rings. The highest BCUT2D eigenvalue weighted by molar-refractivity contribution is 6.07. The summed E-state index contributed by atoms with van der Waals surface area (Å²) in [6.45, 7) is 3.93. The first kappa shape index (κ1) is 19.5. The molecule has 2 heterocycles. The van der Waals surface area contributed by atoms with Crippen LogP contribution in [0.15, 0.2) is 18.2 Å². The molecular formula is C21H27N3O5. The molecule has 156 valence electrons. The highest BCUT2D eigenvalue weighted by Crippen LogP contribution is 2.36. The van der Waals surface area contributed by atoms with Crippen molar-refractivity contribution < 1.29 is 23.9 Å². The van der Waals surface area contributed by atoms with Crippen LogP contribution in [0.3, 0.4) is 0 Å². The highest BCUT2D eigenvalue weighted by Gasteiger charge is 2.52. The van der Waals surface area contributed by atoms with Crippen molar-refractivity contribution in [3.8, 4) is 11.5 Å². The van der Waals surface area contributed by atoms with Crippen molar-refractivity contribution in [1.82, 2.24) is 15.1 Å². The fraction of sp³-hybridized carbons (Fsp3) is 0.571. The van der Waals surface area contributed by atoms with E-state index in [4.69, 9.17) is 9.47 Å². The van der Waals surface area contributed by atoms with Crippen LogP contribution in [0.2, 0.25) is 0 Å². The van der Waals surface area contributed by atoms with Gasteiger partial charge in [0.05, 0.1) is 0 Å². The lowest BCUT2D eigenvalue weighted by atomic mass is 9.98. The minimum atomic E-state index is -0.731. The predicted octanol–water partition coefficient (Wildman–Crippen LogP) is 2.06. The molecule has 8 nitrogen and oxygen atoms in total. The lowest BCUT2D eigenvalue weighted by molar-refractivity contribution is -0.134. The van der Waals surface area contributed by atoms with Crippen molar-refractivity contribution in [2.45, 2.75) is 51.1 Å². The van der Waals surface area contributed by atoms with Crippen LogP contribution < -0.4 is 14.8 Å². The summed E-state index contributed by atoms with van der Waals surface area (Å²) in [4.78, 5) is 40.7. The molecule has 1 aromatic rings. The molecule has 0 atom stereocenters. The van der Waals surface area contributed by atoms with Crippen molar-refractivity contribution in [3.05, 3.63) is 23.8 Å². The van der Waals surface area contributed by atoms with E-state index in [0.29, 0.717) is 50.6 Å². The Bertz CT molecular complexity index is 819. The zero-order valence-electron chi connectivity index (χ0n) is 16.7. The molecule has 0 bridgehead atoms. The lowest BCUT2D eigenvalue weighted by Crippen LogP contribution is -2.44. The lowest BCUT2D eigenvalue weighted by Gasteiger charge is -2.26. The van der Waals surface area contributed by atoms with Crippen molar-refractivity contribution in [2.24, 2.45) is 0 Å². The quantitative estimate of drug-likeness (QED) is 0.737. The number of para-hydroxylation sites is 1. The van der Waals surface area contributed by atoms with Crippen molar-refractivity contribution in [2.75, 3.05) is 26.3 Å². The average molecular weight is 401 g/mol. The van der Waals surface area contributed by atoms with Gasteiger partial charge in [0, 0.05) is 31.6 Å². The number of ether oxygens (including phenoxy) is 2. The van der Waals surface area contributed by atoms with Crippen molar-refractivity contribution in [1.29, 1.82) is 0 Å². The maximum Gasteiger partial charge on any atom is 0.325 e. The summed E-state index contributed by atoms with van der Waals surface area (Å²) in [5.41, 5.74) is 0.155. The second-order valence-corrected chi connectivity index (χ2v) is 7.78. The SMILES string of the molecule is CCN(Cc1cccc2c1OCCO2)C(=O)CCN1C(=O)NC2(CCCC2)C1=O. The average Bonchev–Trinajstić information content (AvgIpc) is 3.29. The van der Waals surface area contributed by atoms with E-state index >= 15 is 0 Å². The van der Waals surface area contributed by atoms with Crippen LogP contribution in [0.1, 0.15) is 44.6 Å². The van der Waals surface area contributed by atoms with Gasteiger partial charge in [0.15, 0.2) is 11.5 Å². The van der Waals surface area contributed by atoms with Crippen LogP contribution in [0.25, 0.3) is 0 Å². The predicted molar refractivity (Wildman–Crippen MR) is 105 cm³/mol. The van der Waals surface area contributed by atoms with Gasteiger partial charge in [-0.15, -0.1) is 0 Å². The third-order valence-electron chi connectivity index (χ3n) is 6.00. The highest BCUT2D eigenvalue weighted by atomic mass is 16.6. The third-order valence-corrected chi connectivity index (χ3v) is 6.00. The van der Waals surface area contributed by atoms with Crippen LogP contribution in [-0.2, 0) is 16.1 Å². The van der Waals surface area contributed by atoms with Gasteiger partial charge in [-0.3, -0.25) is 14.5 Å². The molecule has 1 N–H and O–H groups in total. The summed E-state index contributed by atoms with van der Waals surface area (Å²) < 4.78 is 11.3. The van der Waals surface area contributed by atoms with E-state index in [-0.39, 0.29) is 30.8 Å². The molecule has 2 aliphatic heterocycles. The Hall–Kier alpha value is -2.77. The summed E-state index contributed by atoms with van der Waals surface area (Å²) in [5.74, 6) is 1.09. The Labute approximate surface area is 170 Å². The van der Waals surface area contributed by atoms with Crippen molar-refractivity contribution in [3.63, 3.8) is 0 Å². The number of nitrogens with one attached hydrogen (secondary N) is 1. The van der Waals surface area contributed by atoms with E-state index in [1.165, 1.54) is 4.90 Å². The molecule has 4 rings (SSSR count). The van der Waals surface area contributed by atoms with E-state index in [0.717, 1.165) is 18.4 Å². The van der Waals surface area contributed by atoms with Crippen LogP contribution in [0, 0.1) is 0 Å². The summed E-state index contributed by atoms with van der Waals surface area (Å²) in [7, 11) is 0. The number of fused-ring (bicyclic) bond motifs is 1. The molecule has 0 radical (unpaired) electrons. The smallest absolute Gasteiger partial charge is 0.325 e. The molecule has 29 heavy (non-hydrogen) atoms. The number of imide groups is 1. The Morgan fingerprint density at radius 2 is 1.97 bits per heavy atom. The number of benzene rings is 1. The normalized spacial score (nSPS) is 19.6. The maximum absolute atomic E-state index is 12.8. The van der Waals surface area contributed by atoms with E-state index in [2.05, 4.69) is 5.32 Å². The minimum Gasteiger partial charge on any atom is -0.486 e. The summed E-state index contributed by atoms with van der Waals surface area (Å²) in [6, 6.07) is 5.28. The van der Waals surface area contributed by atoms with Crippen LogP contribution in [-0.4, -0.2) is 59.5 Å². The summed E-state index contributed by atoms with van der Waals surface area (Å²) in [6.07, 6.45) is 3.36. The first-order valence-electron chi connectivity index (χ1n) is 10.3. The number of nitrogens with zero attached hydrogens (tertiary/aromatic N) is 2. The fourth-order valence-electron chi connectivity index (χ4n) is 4.40. The Morgan fingerprint density at radius 3 is 2.72 bits per heavy atom. The van der Waals surface area contributed by atoms with Crippen LogP contribution in [0.4, 0.5) is 4.79 Å². The van der Waals surface area contributed by atoms with E-state index < -0.39 is 5.54 Å². The first-order chi connectivity index (χ1) is 14.0. The van der Waals surface area contributed by atoms with Crippen LogP contribution in [0.5, 0.6) is 11.5 Å². The molecule has 1 aliphatic carbocycles. The zero-order chi connectivity index (χ0) is 20.4. The van der Waals surface area contributed by atoms with Gasteiger partial charge in [0.1, 0.15) is 18.8 Å². The van der Waals surface area contributed by atoms with E-state index in [9.17, 15) is 14.4 Å². The first-order valence-corrected chi connectivity index (χ1v) is 10.3. The van der Waals surface area contributed by atoms with Crippen molar-refractivity contribution >= 4 is 17.8 Å². The Morgan fingerprint density at radius 1 is 1.21 bits per heavy atom. The molecule has 0 unspecified atom stereocenters. The van der Waals surface area contributed by atoms with Gasteiger partial charge in [-0.1, -0.05) is 25.0 Å². The number of hydrogen-bond acceptors (Lipinski definition) is 5. The molecular weight excluding hydrogens is 374 g/mol. The number of rotatable bonds is 6. The molecule has 8 heteroatoms. The zero-order valence-corrected chi connectivity index (χ0v) is 16.7. The maximum atomic E-state index is 12.8. The van der Waals surface area contributed by atoms with Crippen LogP contribution >= 0.6 is 0 Å². The Balaban J connectivity index is 1.39. The third kappa shape index (κ3) is 3.63. The molecule has 1 saturated carbocycles. The van der Waals surface area contributed by atoms with E-state index in [1.54, 1.807) is 4.90 Å². The second-order valence-electron chi connectivity index (χ2n) is 7.78. The van der Waals surface area contributed by atoms with Gasteiger partial charge in [-0.25, -0.2) is 4.79 Å². The number of hydrogen-bond donors (Lipinski definition) is 1. The molecule has 1 aromatic carbocycles. The second kappa shape index (κ2) is 7.93. The Kier molecular flexibility index (Phi) is 5.34. The monoisotopic (exact) mass is 401 g/mol. The van der Waals surface area contributed by atoms with Gasteiger partial charge >= 0.3 is 6.03 Å². The molecule has 1 spiro atoms. The molecule has 2 fully saturated rings. The summed E-state index contributed by atoms with van der Waals surface area (Å²) >= 11 is 0. The van der Waals surface area contributed by atoms with Gasteiger partial charge in [-0.05, 0) is 25.8 Å². The molecule has 1 saturated heterocycles. The van der Waals surface area contributed by atoms with Gasteiger partial charge < -0.3 is 19.7 Å². The standard InChI is InChI=1S/C21H27N3O5/c1-2-23(14-15-6-5-7-16-18(15)29-13-12-28-16)17(25)8-11-24-19(26)21(22-20(24)27)9-3-4-10-21/h5-7H,2-4,8-14H2,1H3,(H,22,27). The molecule has 4 amide bonds. The van der Waals surface area contributed by atoms with E-state index in [1.807, 2.05) is 25.1 Å². The largest absolute Gasteiger partial charge is 0.486 e. The molecule has 0 aromatic heterocycles. The minimum absolute atomic E-state index is 0.102. The number of carbonyl (C=O) groups excluding carboxylic acids is 3. The number of amides is 4. The van der Waals surface area contributed by atoms with Gasteiger partial charge in [-0.2, -0.15) is 0 Å². The topological polar surface area (TPSA) is 88.2 Å². The number of carbonyl (C=O) groups is 3. The van der Waals surface area contributed by atoms with Gasteiger partial charge in [0.25, 0.3) is 5.91 Å².